The van der Waals surface area contributed by atoms with E-state index in [1.54, 1.807) is 31.2 Å². The maximum absolute atomic E-state index is 10.8. The highest BCUT2D eigenvalue weighted by Crippen LogP contribution is 2.04. The molecule has 74 valence electrons. The van der Waals surface area contributed by atoms with Gasteiger partial charge in [0.1, 0.15) is 12.9 Å². The maximum Gasteiger partial charge on any atom is 0.305 e. The fraction of sp³-hybridized carbons (Fsp3) is 0.273. The molecule has 1 aromatic rings. The average molecular weight is 192 g/mol. The van der Waals surface area contributed by atoms with Gasteiger partial charge in [-0.3, -0.25) is 9.59 Å². The molecule has 3 heteroatoms. The summed E-state index contributed by atoms with van der Waals surface area (Å²) in [7, 11) is 0. The van der Waals surface area contributed by atoms with Crippen LogP contribution in [0.25, 0.3) is 0 Å². The quantitative estimate of drug-likeness (QED) is 0.541. The van der Waals surface area contributed by atoms with Crippen molar-refractivity contribution in [2.24, 2.45) is 0 Å². The Morgan fingerprint density at radius 2 is 2.00 bits per heavy atom. The van der Waals surface area contributed by atoms with Gasteiger partial charge in [-0.15, -0.1) is 0 Å². The first-order chi connectivity index (χ1) is 6.76. The summed E-state index contributed by atoms with van der Waals surface area (Å²) >= 11 is 0. The smallest absolute Gasteiger partial charge is 0.305 e. The second-order valence-electron chi connectivity index (χ2n) is 2.87. The Balaban J connectivity index is 2.51. The Bertz CT molecular complexity index is 314. The van der Waals surface area contributed by atoms with Crippen LogP contribution in [-0.4, -0.2) is 12.3 Å². The number of hydrogen-bond acceptors (Lipinski definition) is 3. The van der Waals surface area contributed by atoms with Crippen molar-refractivity contribution in [1.29, 1.82) is 0 Å². The van der Waals surface area contributed by atoms with E-state index >= 15 is 0 Å². The number of rotatable bonds is 4. The van der Waals surface area contributed by atoms with Gasteiger partial charge in [-0.1, -0.05) is 31.2 Å². The van der Waals surface area contributed by atoms with Gasteiger partial charge < -0.3 is 4.74 Å². The van der Waals surface area contributed by atoms with E-state index in [-0.39, 0.29) is 12.6 Å². The first-order valence-electron chi connectivity index (χ1n) is 4.46. The van der Waals surface area contributed by atoms with Crippen molar-refractivity contribution in [3.05, 3.63) is 35.4 Å². The van der Waals surface area contributed by atoms with Crippen LogP contribution in [0.1, 0.15) is 29.3 Å². The second-order valence-corrected chi connectivity index (χ2v) is 2.87. The SMILES string of the molecule is CCC(=O)OCc1ccc(C=O)cc1. The molecule has 0 N–H and O–H groups in total. The van der Waals surface area contributed by atoms with Crippen LogP contribution in [0.15, 0.2) is 24.3 Å². The summed E-state index contributed by atoms with van der Waals surface area (Å²) in [5.74, 6) is -0.218. The third kappa shape index (κ3) is 3.01. The van der Waals surface area contributed by atoms with Gasteiger partial charge in [0.05, 0.1) is 0 Å². The lowest BCUT2D eigenvalue weighted by Crippen LogP contribution is -2.02. The van der Waals surface area contributed by atoms with Crippen molar-refractivity contribution < 1.29 is 14.3 Å². The normalized spacial score (nSPS) is 9.50. The minimum atomic E-state index is -0.218. The third-order valence-corrected chi connectivity index (χ3v) is 1.80. The molecule has 0 fully saturated rings. The number of carbonyl (C=O) groups excluding carboxylic acids is 2. The van der Waals surface area contributed by atoms with E-state index in [1.807, 2.05) is 0 Å². The summed E-state index contributed by atoms with van der Waals surface area (Å²) in [6.45, 7) is 2.02. The molecule has 1 aromatic carbocycles. The highest BCUT2D eigenvalue weighted by atomic mass is 16.5. The van der Waals surface area contributed by atoms with Gasteiger partial charge in [0.25, 0.3) is 0 Å². The Labute approximate surface area is 82.7 Å². The molecule has 0 aliphatic heterocycles. The van der Waals surface area contributed by atoms with Crippen molar-refractivity contribution in [3.8, 4) is 0 Å². The van der Waals surface area contributed by atoms with Gasteiger partial charge in [0, 0.05) is 12.0 Å². The molecule has 0 amide bonds. The average Bonchev–Trinajstić information content (AvgIpc) is 2.26. The minimum Gasteiger partial charge on any atom is -0.461 e. The molecule has 14 heavy (non-hydrogen) atoms. The van der Waals surface area contributed by atoms with Crippen molar-refractivity contribution in [1.82, 2.24) is 0 Å². The van der Waals surface area contributed by atoms with Crippen LogP contribution in [0, 0.1) is 0 Å². The number of benzene rings is 1. The number of hydrogen-bond donors (Lipinski definition) is 0. The zero-order valence-electron chi connectivity index (χ0n) is 8.03. The van der Waals surface area contributed by atoms with Crippen molar-refractivity contribution >= 4 is 12.3 Å². The first-order valence-corrected chi connectivity index (χ1v) is 4.46. The fourth-order valence-electron chi connectivity index (χ4n) is 0.958. The Morgan fingerprint density at radius 1 is 1.36 bits per heavy atom. The van der Waals surface area contributed by atoms with E-state index < -0.39 is 0 Å². The van der Waals surface area contributed by atoms with E-state index in [0.717, 1.165) is 11.8 Å². The van der Waals surface area contributed by atoms with E-state index in [9.17, 15) is 9.59 Å². The van der Waals surface area contributed by atoms with E-state index in [0.29, 0.717) is 12.0 Å². The third-order valence-electron chi connectivity index (χ3n) is 1.80. The molecule has 0 unspecified atom stereocenters. The van der Waals surface area contributed by atoms with E-state index in [1.165, 1.54) is 0 Å². The Hall–Kier alpha value is -1.64. The van der Waals surface area contributed by atoms with Crippen molar-refractivity contribution in [3.63, 3.8) is 0 Å². The first kappa shape index (κ1) is 10.4. The highest BCUT2D eigenvalue weighted by Gasteiger charge is 1.99. The predicted molar refractivity (Wildman–Crippen MR) is 51.9 cm³/mol. The van der Waals surface area contributed by atoms with Crippen LogP contribution in [0.4, 0.5) is 0 Å². The van der Waals surface area contributed by atoms with Gasteiger partial charge >= 0.3 is 5.97 Å². The molecule has 1 rings (SSSR count). The molecule has 0 atom stereocenters. The van der Waals surface area contributed by atoms with Crippen LogP contribution < -0.4 is 0 Å². The molecule has 0 heterocycles. The molecule has 3 nitrogen and oxygen atoms in total. The molecule has 0 saturated carbocycles. The van der Waals surface area contributed by atoms with Gasteiger partial charge in [0.2, 0.25) is 0 Å². The van der Waals surface area contributed by atoms with Crippen LogP contribution in [0.5, 0.6) is 0 Å². The van der Waals surface area contributed by atoms with Gasteiger partial charge in [-0.05, 0) is 5.56 Å². The molecule has 0 spiro atoms. The number of ether oxygens (including phenoxy) is 1. The van der Waals surface area contributed by atoms with Gasteiger partial charge in [-0.25, -0.2) is 0 Å². The Kier molecular flexibility index (Phi) is 3.85. The van der Waals surface area contributed by atoms with Gasteiger partial charge in [0.15, 0.2) is 0 Å². The van der Waals surface area contributed by atoms with Crippen LogP contribution in [0.3, 0.4) is 0 Å². The lowest BCUT2D eigenvalue weighted by Gasteiger charge is -2.02. The molecular formula is C11H12O3. The number of esters is 1. The standard InChI is InChI=1S/C11H12O3/c1-2-11(13)14-8-10-5-3-9(7-12)4-6-10/h3-7H,2,8H2,1H3. The lowest BCUT2D eigenvalue weighted by molar-refractivity contribution is -0.144. The van der Waals surface area contributed by atoms with Crippen molar-refractivity contribution in [2.75, 3.05) is 0 Å². The molecule has 0 radical (unpaired) electrons. The predicted octanol–water partition coefficient (Wildman–Crippen LogP) is 1.95. The van der Waals surface area contributed by atoms with Crippen LogP contribution >= 0.6 is 0 Å². The number of aldehydes is 1. The van der Waals surface area contributed by atoms with Crippen LogP contribution in [0.2, 0.25) is 0 Å². The highest BCUT2D eigenvalue weighted by molar-refractivity contribution is 5.74. The zero-order chi connectivity index (χ0) is 10.4. The second kappa shape index (κ2) is 5.17. The van der Waals surface area contributed by atoms with Crippen LogP contribution in [-0.2, 0) is 16.1 Å². The zero-order valence-corrected chi connectivity index (χ0v) is 8.03. The minimum absolute atomic E-state index is 0.218. The van der Waals surface area contributed by atoms with E-state index in [4.69, 9.17) is 4.74 Å². The van der Waals surface area contributed by atoms with E-state index in [2.05, 4.69) is 0 Å². The topological polar surface area (TPSA) is 43.4 Å². The van der Waals surface area contributed by atoms with Crippen molar-refractivity contribution in [2.45, 2.75) is 20.0 Å². The molecule has 0 aliphatic rings. The summed E-state index contributed by atoms with van der Waals surface area (Å²) in [5, 5.41) is 0. The molecule has 0 bridgehead atoms. The Morgan fingerprint density at radius 3 is 2.50 bits per heavy atom. The molecule has 0 saturated heterocycles. The van der Waals surface area contributed by atoms with Gasteiger partial charge in [-0.2, -0.15) is 0 Å². The summed E-state index contributed by atoms with van der Waals surface area (Å²) in [5.41, 5.74) is 1.51. The number of carbonyl (C=O) groups is 2. The molecule has 0 aliphatic carbocycles. The summed E-state index contributed by atoms with van der Waals surface area (Å²) in [4.78, 5) is 21.2. The molecule has 0 aromatic heterocycles. The summed E-state index contributed by atoms with van der Waals surface area (Å²) < 4.78 is 4.92. The fourth-order valence-corrected chi connectivity index (χ4v) is 0.958. The lowest BCUT2D eigenvalue weighted by atomic mass is 10.2. The maximum atomic E-state index is 10.8. The summed E-state index contributed by atoms with van der Waals surface area (Å²) in [6.07, 6.45) is 1.16. The molecular weight excluding hydrogens is 180 g/mol. The monoisotopic (exact) mass is 192 g/mol. The summed E-state index contributed by atoms with van der Waals surface area (Å²) in [6, 6.07) is 6.93. The largest absolute Gasteiger partial charge is 0.461 e.